The van der Waals surface area contributed by atoms with Gasteiger partial charge in [-0.3, -0.25) is 0 Å². The Morgan fingerprint density at radius 2 is 1.18 bits per heavy atom. The summed E-state index contributed by atoms with van der Waals surface area (Å²) in [6.45, 7) is 2.30. The molecule has 0 saturated carbocycles. The zero-order valence-corrected chi connectivity index (χ0v) is 30.5. The molecule has 0 bridgehead atoms. The van der Waals surface area contributed by atoms with Gasteiger partial charge in [0.15, 0.2) is 5.58 Å². The van der Waals surface area contributed by atoms with Crippen LogP contribution in [0.2, 0.25) is 0 Å². The predicted octanol–water partition coefficient (Wildman–Crippen LogP) is 13.4. The molecule has 3 heterocycles. The Morgan fingerprint density at radius 1 is 0.564 bits per heavy atom. The number of hydrogen-bond donors (Lipinski definition) is 1. The molecule has 1 unspecified atom stereocenters. The first-order valence-electron chi connectivity index (χ1n) is 19.3. The average molecular weight is 707 g/mol. The molecule has 11 rings (SSSR count). The fourth-order valence-corrected chi connectivity index (χ4v) is 9.00. The average Bonchev–Trinajstić information content (AvgIpc) is 3.80. The van der Waals surface area contributed by atoms with Crippen LogP contribution in [0.3, 0.4) is 0 Å². The summed E-state index contributed by atoms with van der Waals surface area (Å²) in [6.07, 6.45) is 8.11. The van der Waals surface area contributed by atoms with Gasteiger partial charge in [-0.2, -0.15) is 0 Å². The summed E-state index contributed by atoms with van der Waals surface area (Å²) in [5, 5.41) is 8.59. The number of dihydropyridines is 1. The molecule has 1 N–H and O–H groups in total. The third kappa shape index (κ3) is 5.19. The lowest BCUT2D eigenvalue weighted by atomic mass is 9.81. The van der Waals surface area contributed by atoms with E-state index >= 15 is 0 Å². The topological polar surface area (TPSA) is 30.1 Å². The van der Waals surface area contributed by atoms with Crippen molar-refractivity contribution in [1.82, 2.24) is 9.88 Å². The van der Waals surface area contributed by atoms with Crippen molar-refractivity contribution >= 4 is 55.0 Å². The molecule has 3 nitrogen and oxygen atoms in total. The van der Waals surface area contributed by atoms with E-state index in [0.717, 1.165) is 56.3 Å². The Balaban J connectivity index is 1.13. The van der Waals surface area contributed by atoms with E-state index in [0.29, 0.717) is 5.92 Å². The number of furan rings is 1. The number of rotatable bonds is 5. The van der Waals surface area contributed by atoms with Gasteiger partial charge in [-0.25, -0.2) is 0 Å². The quantitative estimate of drug-likeness (QED) is 0.181. The molecule has 0 spiro atoms. The first kappa shape index (κ1) is 31.7. The smallest absolute Gasteiger partial charge is 0.159 e. The van der Waals surface area contributed by atoms with Crippen molar-refractivity contribution in [2.45, 2.75) is 19.4 Å². The maximum atomic E-state index is 6.95. The van der Waals surface area contributed by atoms with Gasteiger partial charge in [-0.15, -0.1) is 0 Å². The van der Waals surface area contributed by atoms with Gasteiger partial charge in [0.05, 0.1) is 22.8 Å². The highest BCUT2D eigenvalue weighted by atomic mass is 16.3. The van der Waals surface area contributed by atoms with Crippen molar-refractivity contribution in [2.24, 2.45) is 5.92 Å². The standard InChI is InChI=1S/C52H38N2O/c1-33-23-26-45-42(29-33)41(36-17-9-4-10-18-36)32-46(53-45)39-19-12-22-50-51(39)40-20-11-21-49(52(40)55-50)54-47-27-24-37(34-13-5-2-6-14-34)30-43(47)44-31-38(25-28-48(44)54)35-15-7-3-8-16-35/h2-28,30-33,45,53H,29H2,1H3/t33-,45?/m1/s1. The Hall–Kier alpha value is -6.84. The summed E-state index contributed by atoms with van der Waals surface area (Å²) < 4.78 is 9.35. The first-order chi connectivity index (χ1) is 27.2. The number of para-hydroxylation sites is 1. The van der Waals surface area contributed by atoms with E-state index in [-0.39, 0.29) is 6.04 Å². The van der Waals surface area contributed by atoms with Crippen molar-refractivity contribution in [3.63, 3.8) is 0 Å². The molecule has 0 radical (unpaired) electrons. The van der Waals surface area contributed by atoms with Crippen LogP contribution in [0.15, 0.2) is 192 Å². The van der Waals surface area contributed by atoms with Gasteiger partial charge in [-0.1, -0.05) is 146 Å². The minimum atomic E-state index is 0.148. The van der Waals surface area contributed by atoms with Gasteiger partial charge in [0.1, 0.15) is 5.58 Å². The SMILES string of the molecule is C[C@@H]1C=CC2NC(c3cccc4oc5c(-n6c7ccc(-c8ccccc8)cc7c7cc(-c8ccccc8)ccc76)cccc5c34)=CC(c3ccccc3)=C2C1. The largest absolute Gasteiger partial charge is 0.454 e. The van der Waals surface area contributed by atoms with Crippen molar-refractivity contribution < 1.29 is 4.42 Å². The molecule has 2 atom stereocenters. The normalized spacial score (nSPS) is 16.9. The second kappa shape index (κ2) is 12.6. The Bertz CT molecular complexity index is 2940. The fraction of sp³-hybridized carbons (Fsp3) is 0.0769. The summed E-state index contributed by atoms with van der Waals surface area (Å²) in [4.78, 5) is 0. The molecule has 0 amide bonds. The van der Waals surface area contributed by atoms with Gasteiger partial charge < -0.3 is 14.3 Å². The van der Waals surface area contributed by atoms with Crippen molar-refractivity contribution in [2.75, 3.05) is 0 Å². The van der Waals surface area contributed by atoms with E-state index in [2.05, 4.69) is 199 Å². The van der Waals surface area contributed by atoms with Crippen LogP contribution >= 0.6 is 0 Å². The Morgan fingerprint density at radius 3 is 1.84 bits per heavy atom. The Labute approximate surface area is 320 Å². The van der Waals surface area contributed by atoms with Gasteiger partial charge in [0.2, 0.25) is 0 Å². The summed E-state index contributed by atoms with van der Waals surface area (Å²) in [6, 6.07) is 59.1. The molecular formula is C52H38N2O. The molecular weight excluding hydrogens is 669 g/mol. The number of allylic oxidation sites excluding steroid dienone is 3. The molecule has 1 aliphatic carbocycles. The molecule has 1 aliphatic heterocycles. The van der Waals surface area contributed by atoms with E-state index in [1.165, 1.54) is 49.7 Å². The summed E-state index contributed by atoms with van der Waals surface area (Å²) in [7, 11) is 0. The summed E-state index contributed by atoms with van der Waals surface area (Å²) >= 11 is 0. The molecule has 7 aromatic carbocycles. The van der Waals surface area contributed by atoms with Gasteiger partial charge >= 0.3 is 0 Å². The molecule has 3 heteroatoms. The maximum Gasteiger partial charge on any atom is 0.159 e. The number of nitrogens with zero attached hydrogens (tertiary/aromatic N) is 1. The monoisotopic (exact) mass is 706 g/mol. The first-order valence-corrected chi connectivity index (χ1v) is 19.3. The van der Waals surface area contributed by atoms with Crippen molar-refractivity contribution in [3.05, 3.63) is 199 Å². The van der Waals surface area contributed by atoms with Crippen LogP contribution in [0.25, 0.3) is 83.0 Å². The molecule has 0 saturated heterocycles. The summed E-state index contributed by atoms with van der Waals surface area (Å²) in [5.41, 5.74) is 16.2. The Kier molecular flexibility index (Phi) is 7.28. The molecule has 2 aromatic heterocycles. The molecule has 0 fully saturated rings. The van der Waals surface area contributed by atoms with Crippen LogP contribution in [0.1, 0.15) is 24.5 Å². The van der Waals surface area contributed by atoms with Gasteiger partial charge in [0.25, 0.3) is 0 Å². The zero-order chi connectivity index (χ0) is 36.5. The van der Waals surface area contributed by atoms with Gasteiger partial charge in [0, 0.05) is 32.8 Å². The van der Waals surface area contributed by atoms with Crippen LogP contribution in [0.5, 0.6) is 0 Å². The van der Waals surface area contributed by atoms with Crippen LogP contribution in [0, 0.1) is 5.92 Å². The minimum absolute atomic E-state index is 0.148. The van der Waals surface area contributed by atoms with E-state index in [9.17, 15) is 0 Å². The lowest BCUT2D eigenvalue weighted by Crippen LogP contribution is -2.34. The predicted molar refractivity (Wildman–Crippen MR) is 230 cm³/mol. The lowest BCUT2D eigenvalue weighted by molar-refractivity contribution is 0.623. The lowest BCUT2D eigenvalue weighted by Gasteiger charge is -2.33. The van der Waals surface area contributed by atoms with E-state index < -0.39 is 0 Å². The molecule has 9 aromatic rings. The minimum Gasteiger partial charge on any atom is -0.454 e. The number of nitrogens with one attached hydrogen (secondary N) is 1. The number of benzene rings is 7. The van der Waals surface area contributed by atoms with Crippen LogP contribution in [0.4, 0.5) is 0 Å². The van der Waals surface area contributed by atoms with Crippen molar-refractivity contribution in [3.8, 4) is 27.9 Å². The number of hydrogen-bond acceptors (Lipinski definition) is 2. The highest BCUT2D eigenvalue weighted by molar-refractivity contribution is 6.16. The van der Waals surface area contributed by atoms with Crippen LogP contribution < -0.4 is 5.32 Å². The molecule has 2 aliphatic rings. The number of aromatic nitrogens is 1. The second-order valence-corrected chi connectivity index (χ2v) is 15.0. The second-order valence-electron chi connectivity index (χ2n) is 15.0. The van der Waals surface area contributed by atoms with Crippen LogP contribution in [-0.2, 0) is 0 Å². The fourth-order valence-electron chi connectivity index (χ4n) is 9.00. The third-order valence-electron chi connectivity index (χ3n) is 11.6. The molecule has 262 valence electrons. The van der Waals surface area contributed by atoms with Gasteiger partial charge in [-0.05, 0) is 93.8 Å². The van der Waals surface area contributed by atoms with E-state index in [1.54, 1.807) is 0 Å². The third-order valence-corrected chi connectivity index (χ3v) is 11.6. The highest BCUT2D eigenvalue weighted by Gasteiger charge is 2.28. The number of fused-ring (bicyclic) bond motifs is 7. The van der Waals surface area contributed by atoms with Crippen LogP contribution in [-0.4, -0.2) is 10.6 Å². The molecule has 55 heavy (non-hydrogen) atoms. The maximum absolute atomic E-state index is 6.95. The zero-order valence-electron chi connectivity index (χ0n) is 30.5. The summed E-state index contributed by atoms with van der Waals surface area (Å²) in [5.74, 6) is 0.511. The van der Waals surface area contributed by atoms with E-state index in [1.807, 2.05) is 0 Å². The highest BCUT2D eigenvalue weighted by Crippen LogP contribution is 2.43. The van der Waals surface area contributed by atoms with Crippen molar-refractivity contribution in [1.29, 1.82) is 0 Å². The van der Waals surface area contributed by atoms with E-state index in [4.69, 9.17) is 4.42 Å².